The first-order valence-electron chi connectivity index (χ1n) is 5.52. The van der Waals surface area contributed by atoms with E-state index < -0.39 is 6.04 Å². The van der Waals surface area contributed by atoms with E-state index >= 15 is 0 Å². The zero-order chi connectivity index (χ0) is 13.9. The van der Waals surface area contributed by atoms with Gasteiger partial charge in [-0.05, 0) is 24.5 Å². The van der Waals surface area contributed by atoms with Crippen molar-refractivity contribution < 1.29 is 4.79 Å². The molecule has 0 radical (unpaired) electrons. The number of amides is 1. The maximum Gasteiger partial charge on any atom is 0.241 e. The fraction of sp³-hybridized carbons (Fsp3) is 0.417. The number of benzene rings is 1. The molecule has 100 valence electrons. The van der Waals surface area contributed by atoms with Crippen LogP contribution in [0.25, 0.3) is 0 Å². The van der Waals surface area contributed by atoms with Crippen LogP contribution in [0.15, 0.2) is 12.1 Å². The van der Waals surface area contributed by atoms with Gasteiger partial charge in [-0.1, -0.05) is 48.7 Å². The van der Waals surface area contributed by atoms with Crippen LogP contribution < -0.4 is 11.1 Å². The minimum Gasteiger partial charge on any atom is -0.322 e. The average molecular weight is 310 g/mol. The molecule has 0 aliphatic rings. The zero-order valence-electron chi connectivity index (χ0n) is 10.1. The van der Waals surface area contributed by atoms with Gasteiger partial charge in [0.25, 0.3) is 0 Å². The zero-order valence-corrected chi connectivity index (χ0v) is 12.4. The van der Waals surface area contributed by atoms with Gasteiger partial charge in [0.1, 0.15) is 0 Å². The quantitative estimate of drug-likeness (QED) is 0.884. The molecular weight excluding hydrogens is 295 g/mol. The van der Waals surface area contributed by atoms with Crippen LogP contribution in [0.5, 0.6) is 0 Å². The van der Waals surface area contributed by atoms with Crippen LogP contribution in [-0.4, -0.2) is 11.9 Å². The predicted octanol–water partition coefficient (Wildman–Crippen LogP) is 3.96. The lowest BCUT2D eigenvalue weighted by Gasteiger charge is -2.15. The topological polar surface area (TPSA) is 55.1 Å². The molecule has 0 aromatic heterocycles. The molecule has 0 saturated carbocycles. The second kappa shape index (κ2) is 6.62. The number of halogens is 3. The third-order valence-electron chi connectivity index (χ3n) is 2.32. The molecule has 3 nitrogen and oxygen atoms in total. The van der Waals surface area contributed by atoms with E-state index in [1.807, 2.05) is 13.8 Å². The minimum absolute atomic E-state index is 0.289. The van der Waals surface area contributed by atoms with Gasteiger partial charge in [-0.2, -0.15) is 0 Å². The van der Waals surface area contributed by atoms with Crippen LogP contribution in [-0.2, 0) is 4.79 Å². The molecular formula is C12H15Cl3N2O. The van der Waals surface area contributed by atoms with E-state index in [1.54, 1.807) is 0 Å². The maximum atomic E-state index is 11.9. The normalized spacial score (nSPS) is 12.6. The van der Waals surface area contributed by atoms with Crippen LogP contribution in [0, 0.1) is 5.92 Å². The van der Waals surface area contributed by atoms with Crippen molar-refractivity contribution in [1.82, 2.24) is 0 Å². The number of carbonyl (C=O) groups is 1. The SMILES string of the molecule is CC(C)CC(N)C(=O)Nc1c(Cl)cc(Cl)cc1Cl. The molecule has 1 rings (SSSR count). The Hall–Kier alpha value is -0.480. The van der Waals surface area contributed by atoms with Gasteiger partial charge < -0.3 is 11.1 Å². The Morgan fingerprint density at radius 3 is 2.22 bits per heavy atom. The van der Waals surface area contributed by atoms with Gasteiger partial charge in [0.2, 0.25) is 5.91 Å². The second-order valence-corrected chi connectivity index (χ2v) is 5.72. The fourth-order valence-electron chi connectivity index (χ4n) is 1.49. The summed E-state index contributed by atoms with van der Waals surface area (Å²) in [4.78, 5) is 11.9. The molecule has 18 heavy (non-hydrogen) atoms. The van der Waals surface area contributed by atoms with Gasteiger partial charge in [0.15, 0.2) is 0 Å². The van der Waals surface area contributed by atoms with Crippen molar-refractivity contribution >= 4 is 46.4 Å². The largest absolute Gasteiger partial charge is 0.322 e. The van der Waals surface area contributed by atoms with E-state index in [4.69, 9.17) is 40.5 Å². The van der Waals surface area contributed by atoms with Crippen molar-refractivity contribution in [2.24, 2.45) is 11.7 Å². The number of anilines is 1. The monoisotopic (exact) mass is 308 g/mol. The van der Waals surface area contributed by atoms with Crippen LogP contribution in [0.3, 0.4) is 0 Å². The molecule has 0 heterocycles. The summed E-state index contributed by atoms with van der Waals surface area (Å²) in [7, 11) is 0. The Kier molecular flexibility index (Phi) is 5.73. The van der Waals surface area contributed by atoms with E-state index in [0.29, 0.717) is 23.0 Å². The Bertz CT molecular complexity index is 426. The predicted molar refractivity (Wildman–Crippen MR) is 77.5 cm³/mol. The van der Waals surface area contributed by atoms with Gasteiger partial charge in [-0.15, -0.1) is 0 Å². The lowest BCUT2D eigenvalue weighted by Crippen LogP contribution is -2.36. The summed E-state index contributed by atoms with van der Waals surface area (Å²) in [5.41, 5.74) is 6.11. The molecule has 1 aromatic rings. The summed E-state index contributed by atoms with van der Waals surface area (Å²) in [5.74, 6) is 0.0248. The van der Waals surface area contributed by atoms with Crippen molar-refractivity contribution in [2.45, 2.75) is 26.3 Å². The molecule has 1 unspecified atom stereocenters. The molecule has 0 fully saturated rings. The van der Waals surface area contributed by atoms with Crippen molar-refractivity contribution in [3.8, 4) is 0 Å². The molecule has 1 atom stereocenters. The Morgan fingerprint density at radius 2 is 1.78 bits per heavy atom. The van der Waals surface area contributed by atoms with Gasteiger partial charge in [0, 0.05) is 5.02 Å². The van der Waals surface area contributed by atoms with Crippen molar-refractivity contribution in [3.05, 3.63) is 27.2 Å². The van der Waals surface area contributed by atoms with Crippen LogP contribution in [0.1, 0.15) is 20.3 Å². The maximum absolute atomic E-state index is 11.9. The highest BCUT2D eigenvalue weighted by Gasteiger charge is 2.18. The lowest BCUT2D eigenvalue weighted by atomic mass is 10.0. The van der Waals surface area contributed by atoms with E-state index in [2.05, 4.69) is 5.32 Å². The standard InChI is InChI=1S/C12H15Cl3N2O/c1-6(2)3-10(16)12(18)17-11-8(14)4-7(13)5-9(11)15/h4-6,10H,3,16H2,1-2H3,(H,17,18). The summed E-state index contributed by atoms with van der Waals surface area (Å²) < 4.78 is 0. The number of nitrogens with one attached hydrogen (secondary N) is 1. The molecule has 3 N–H and O–H groups in total. The van der Waals surface area contributed by atoms with Crippen molar-refractivity contribution in [1.29, 1.82) is 0 Å². The molecule has 0 aliphatic carbocycles. The number of hydrogen-bond donors (Lipinski definition) is 2. The average Bonchev–Trinajstić information content (AvgIpc) is 2.21. The minimum atomic E-state index is -0.590. The highest BCUT2D eigenvalue weighted by molar-refractivity contribution is 6.42. The van der Waals surface area contributed by atoms with Gasteiger partial charge in [-0.3, -0.25) is 4.79 Å². The second-order valence-electron chi connectivity index (χ2n) is 4.47. The molecule has 0 aliphatic heterocycles. The van der Waals surface area contributed by atoms with Gasteiger partial charge in [-0.25, -0.2) is 0 Å². The fourth-order valence-corrected chi connectivity index (χ4v) is 2.40. The summed E-state index contributed by atoms with van der Waals surface area (Å²) in [6.07, 6.45) is 0.592. The highest BCUT2D eigenvalue weighted by Crippen LogP contribution is 2.33. The number of hydrogen-bond acceptors (Lipinski definition) is 2. The van der Waals surface area contributed by atoms with Gasteiger partial charge >= 0.3 is 0 Å². The lowest BCUT2D eigenvalue weighted by molar-refractivity contribution is -0.117. The number of nitrogens with two attached hydrogens (primary N) is 1. The van der Waals surface area contributed by atoms with E-state index in [9.17, 15) is 4.79 Å². The molecule has 0 saturated heterocycles. The Labute approximate surface area is 122 Å². The van der Waals surface area contributed by atoms with E-state index in [-0.39, 0.29) is 16.0 Å². The Morgan fingerprint density at radius 1 is 1.28 bits per heavy atom. The third-order valence-corrected chi connectivity index (χ3v) is 3.13. The summed E-state index contributed by atoms with van der Waals surface area (Å²) >= 11 is 17.7. The molecule has 0 bridgehead atoms. The first-order chi connectivity index (χ1) is 8.31. The smallest absolute Gasteiger partial charge is 0.241 e. The summed E-state index contributed by atoms with van der Waals surface area (Å²) in [6.45, 7) is 3.99. The first kappa shape index (κ1) is 15.6. The van der Waals surface area contributed by atoms with Crippen LogP contribution in [0.2, 0.25) is 15.1 Å². The third kappa shape index (κ3) is 4.32. The van der Waals surface area contributed by atoms with E-state index in [0.717, 1.165) is 0 Å². The molecule has 1 amide bonds. The van der Waals surface area contributed by atoms with Crippen molar-refractivity contribution in [2.75, 3.05) is 5.32 Å². The van der Waals surface area contributed by atoms with E-state index in [1.165, 1.54) is 12.1 Å². The first-order valence-corrected chi connectivity index (χ1v) is 6.65. The molecule has 6 heteroatoms. The number of rotatable bonds is 4. The summed E-state index contributed by atoms with van der Waals surface area (Å²) in [5, 5.41) is 3.61. The number of carbonyl (C=O) groups excluding carboxylic acids is 1. The molecule has 0 spiro atoms. The summed E-state index contributed by atoms with van der Waals surface area (Å²) in [6, 6.07) is 2.43. The van der Waals surface area contributed by atoms with Crippen LogP contribution in [0.4, 0.5) is 5.69 Å². The van der Waals surface area contributed by atoms with Crippen LogP contribution >= 0.6 is 34.8 Å². The Balaban J connectivity index is 2.82. The van der Waals surface area contributed by atoms with Gasteiger partial charge in [0.05, 0.1) is 21.8 Å². The molecule has 1 aromatic carbocycles. The van der Waals surface area contributed by atoms with Crippen molar-refractivity contribution in [3.63, 3.8) is 0 Å². The highest BCUT2D eigenvalue weighted by atomic mass is 35.5.